The van der Waals surface area contributed by atoms with Gasteiger partial charge >= 0.3 is 5.97 Å². The maximum absolute atomic E-state index is 11.8. The number of fused-ring (bicyclic) bond motifs is 1. The summed E-state index contributed by atoms with van der Waals surface area (Å²) in [5, 5.41) is 9.45. The lowest BCUT2D eigenvalue weighted by Gasteiger charge is -2.03. The summed E-state index contributed by atoms with van der Waals surface area (Å²) >= 11 is 0. The molecule has 0 fully saturated rings. The summed E-state index contributed by atoms with van der Waals surface area (Å²) in [7, 11) is -3.48. The van der Waals surface area contributed by atoms with Gasteiger partial charge < -0.3 is 5.11 Å². The highest BCUT2D eigenvalue weighted by atomic mass is 32.2. The highest BCUT2D eigenvalue weighted by molar-refractivity contribution is 7.90. The summed E-state index contributed by atoms with van der Waals surface area (Å²) in [4.78, 5) is 11.0. The molecule has 0 aliphatic carbocycles. The minimum Gasteiger partial charge on any atom is -0.478 e. The SMILES string of the molecule is CCS(=O)(=O)n1cc(C(=O)O)c2ccccc21. The minimum absolute atomic E-state index is 0.00220. The van der Waals surface area contributed by atoms with Gasteiger partial charge in [-0.25, -0.2) is 17.2 Å². The van der Waals surface area contributed by atoms with Gasteiger partial charge in [-0.3, -0.25) is 0 Å². The lowest BCUT2D eigenvalue weighted by Crippen LogP contribution is -2.13. The number of hydrogen-bond donors (Lipinski definition) is 1. The van der Waals surface area contributed by atoms with Crippen LogP contribution in [0.3, 0.4) is 0 Å². The maximum atomic E-state index is 11.8. The molecule has 1 aromatic carbocycles. The van der Waals surface area contributed by atoms with E-state index in [-0.39, 0.29) is 11.3 Å². The Balaban J connectivity index is 2.87. The zero-order valence-electron chi connectivity index (χ0n) is 9.12. The second kappa shape index (κ2) is 3.89. The van der Waals surface area contributed by atoms with Crippen molar-refractivity contribution in [3.8, 4) is 0 Å². The van der Waals surface area contributed by atoms with E-state index in [1.165, 1.54) is 6.92 Å². The molecule has 90 valence electrons. The molecule has 2 aromatic rings. The molecule has 5 nitrogen and oxygen atoms in total. The van der Waals surface area contributed by atoms with Crippen molar-refractivity contribution >= 4 is 26.9 Å². The first kappa shape index (κ1) is 11.7. The van der Waals surface area contributed by atoms with E-state index in [4.69, 9.17) is 5.11 Å². The summed E-state index contributed by atoms with van der Waals surface area (Å²) in [6.45, 7) is 1.52. The first-order valence-electron chi connectivity index (χ1n) is 5.04. The Labute approximate surface area is 98.3 Å². The van der Waals surface area contributed by atoms with Crippen LogP contribution >= 0.6 is 0 Å². The molecule has 0 unspecified atom stereocenters. The van der Waals surface area contributed by atoms with Crippen LogP contribution in [0, 0.1) is 0 Å². The van der Waals surface area contributed by atoms with E-state index < -0.39 is 16.0 Å². The maximum Gasteiger partial charge on any atom is 0.337 e. The van der Waals surface area contributed by atoms with Crippen molar-refractivity contribution < 1.29 is 18.3 Å². The van der Waals surface area contributed by atoms with Crippen molar-refractivity contribution in [2.24, 2.45) is 0 Å². The number of carboxylic acid groups (broad SMARTS) is 1. The standard InChI is InChI=1S/C11H11NO4S/c1-2-17(15,16)12-7-9(11(13)14)8-5-3-4-6-10(8)12/h3-7H,2H2,1H3,(H,13,14). The van der Waals surface area contributed by atoms with E-state index in [9.17, 15) is 13.2 Å². The third-order valence-electron chi connectivity index (χ3n) is 2.57. The molecule has 0 bridgehead atoms. The first-order chi connectivity index (χ1) is 7.97. The Morgan fingerprint density at radius 2 is 2.00 bits per heavy atom. The summed E-state index contributed by atoms with van der Waals surface area (Å²) in [5.41, 5.74) is 0.393. The zero-order chi connectivity index (χ0) is 12.6. The molecule has 0 saturated heterocycles. The molecule has 0 aliphatic heterocycles. The molecule has 0 spiro atoms. The van der Waals surface area contributed by atoms with Gasteiger partial charge in [-0.05, 0) is 13.0 Å². The number of para-hydroxylation sites is 1. The minimum atomic E-state index is -3.48. The largest absolute Gasteiger partial charge is 0.478 e. The number of rotatable bonds is 3. The molecule has 0 saturated carbocycles. The molecular formula is C11H11NO4S. The normalized spacial score (nSPS) is 11.8. The van der Waals surface area contributed by atoms with E-state index in [1.54, 1.807) is 24.3 Å². The van der Waals surface area contributed by atoms with Crippen molar-refractivity contribution in [1.82, 2.24) is 3.97 Å². The quantitative estimate of drug-likeness (QED) is 0.900. The topological polar surface area (TPSA) is 76.4 Å². The van der Waals surface area contributed by atoms with Crippen LogP contribution in [-0.2, 0) is 10.0 Å². The van der Waals surface area contributed by atoms with Crippen LogP contribution in [0.15, 0.2) is 30.5 Å². The number of benzene rings is 1. The molecule has 1 heterocycles. The molecule has 0 atom stereocenters. The highest BCUT2D eigenvalue weighted by Gasteiger charge is 2.19. The van der Waals surface area contributed by atoms with Crippen molar-refractivity contribution in [3.63, 3.8) is 0 Å². The van der Waals surface area contributed by atoms with Gasteiger partial charge in [0.2, 0.25) is 10.0 Å². The van der Waals surface area contributed by atoms with E-state index >= 15 is 0 Å². The molecule has 0 radical (unpaired) electrons. The van der Waals surface area contributed by atoms with Crippen LogP contribution in [0.25, 0.3) is 10.9 Å². The Morgan fingerprint density at radius 3 is 2.59 bits per heavy atom. The third-order valence-corrected chi connectivity index (χ3v) is 4.20. The molecular weight excluding hydrogens is 242 g/mol. The van der Waals surface area contributed by atoms with E-state index in [1.807, 2.05) is 0 Å². The number of nitrogens with zero attached hydrogens (tertiary/aromatic N) is 1. The fourth-order valence-electron chi connectivity index (χ4n) is 1.69. The second-order valence-corrected chi connectivity index (χ2v) is 5.70. The van der Waals surface area contributed by atoms with Gasteiger partial charge in [0.15, 0.2) is 0 Å². The molecule has 0 amide bonds. The average molecular weight is 253 g/mol. The zero-order valence-corrected chi connectivity index (χ0v) is 9.94. The molecule has 1 aromatic heterocycles. The second-order valence-electron chi connectivity index (χ2n) is 3.56. The van der Waals surface area contributed by atoms with Crippen LogP contribution in [0.1, 0.15) is 17.3 Å². The van der Waals surface area contributed by atoms with Gasteiger partial charge in [0.1, 0.15) is 0 Å². The number of aromatic nitrogens is 1. The average Bonchev–Trinajstić information content (AvgIpc) is 2.69. The lowest BCUT2D eigenvalue weighted by atomic mass is 10.2. The lowest BCUT2D eigenvalue weighted by molar-refractivity contribution is 0.0699. The number of carbonyl (C=O) groups is 1. The van der Waals surface area contributed by atoms with Crippen LogP contribution in [0.4, 0.5) is 0 Å². The summed E-state index contributed by atoms with van der Waals surface area (Å²) < 4.78 is 24.7. The van der Waals surface area contributed by atoms with E-state index in [0.717, 1.165) is 10.2 Å². The van der Waals surface area contributed by atoms with Crippen LogP contribution in [0.5, 0.6) is 0 Å². The van der Waals surface area contributed by atoms with Gasteiger partial charge in [-0.1, -0.05) is 18.2 Å². The Morgan fingerprint density at radius 1 is 1.35 bits per heavy atom. The smallest absolute Gasteiger partial charge is 0.337 e. The van der Waals surface area contributed by atoms with Gasteiger partial charge in [0.05, 0.1) is 16.8 Å². The van der Waals surface area contributed by atoms with Gasteiger partial charge in [-0.2, -0.15) is 0 Å². The third kappa shape index (κ3) is 1.80. The molecule has 1 N–H and O–H groups in total. The fourth-order valence-corrected chi connectivity index (χ4v) is 2.69. The number of hydrogen-bond acceptors (Lipinski definition) is 3. The first-order valence-corrected chi connectivity index (χ1v) is 6.65. The number of carboxylic acids is 1. The summed E-state index contributed by atoms with van der Waals surface area (Å²) in [6.07, 6.45) is 1.16. The van der Waals surface area contributed by atoms with Crippen LogP contribution in [-0.4, -0.2) is 29.2 Å². The monoisotopic (exact) mass is 253 g/mol. The van der Waals surface area contributed by atoms with E-state index in [2.05, 4.69) is 0 Å². The van der Waals surface area contributed by atoms with Crippen molar-refractivity contribution in [3.05, 3.63) is 36.0 Å². The summed E-state index contributed by atoms with van der Waals surface area (Å²) in [5.74, 6) is -1.21. The summed E-state index contributed by atoms with van der Waals surface area (Å²) in [6, 6.07) is 6.54. The Hall–Kier alpha value is -1.82. The Bertz CT molecular complexity index is 685. The molecule has 17 heavy (non-hydrogen) atoms. The van der Waals surface area contributed by atoms with Crippen molar-refractivity contribution in [2.75, 3.05) is 5.75 Å². The Kier molecular flexibility index (Phi) is 2.66. The predicted molar refractivity (Wildman–Crippen MR) is 63.8 cm³/mol. The molecule has 0 aliphatic rings. The van der Waals surface area contributed by atoms with Gasteiger partial charge in [0.25, 0.3) is 0 Å². The van der Waals surface area contributed by atoms with Gasteiger partial charge in [0, 0.05) is 11.6 Å². The fraction of sp³-hybridized carbons (Fsp3) is 0.182. The van der Waals surface area contributed by atoms with Crippen LogP contribution in [0.2, 0.25) is 0 Å². The van der Waals surface area contributed by atoms with Crippen LogP contribution < -0.4 is 0 Å². The van der Waals surface area contributed by atoms with Crippen molar-refractivity contribution in [2.45, 2.75) is 6.92 Å². The van der Waals surface area contributed by atoms with E-state index in [0.29, 0.717) is 10.9 Å². The number of aromatic carboxylic acids is 1. The molecule has 2 rings (SSSR count). The van der Waals surface area contributed by atoms with Gasteiger partial charge in [-0.15, -0.1) is 0 Å². The highest BCUT2D eigenvalue weighted by Crippen LogP contribution is 2.23. The molecule has 6 heteroatoms. The van der Waals surface area contributed by atoms with Crippen molar-refractivity contribution in [1.29, 1.82) is 0 Å². The predicted octanol–water partition coefficient (Wildman–Crippen LogP) is 1.54.